The number of rotatable bonds is 3. The van der Waals surface area contributed by atoms with E-state index < -0.39 is 0 Å². The first-order valence-electron chi connectivity index (χ1n) is 5.32. The van der Waals surface area contributed by atoms with Gasteiger partial charge in [-0.05, 0) is 32.5 Å². The lowest BCUT2D eigenvalue weighted by Gasteiger charge is -2.09. The summed E-state index contributed by atoms with van der Waals surface area (Å²) in [5.74, 6) is 0. The fraction of sp³-hybridized carbons (Fsp3) is 0.400. The molecular formula is C10H12ClN5OS. The highest BCUT2D eigenvalue weighted by molar-refractivity contribution is 7.99. The molecule has 0 saturated heterocycles. The molecule has 6 nitrogen and oxygen atoms in total. The zero-order chi connectivity index (χ0) is 13.3. The van der Waals surface area contributed by atoms with E-state index >= 15 is 0 Å². The molecule has 8 heteroatoms. The summed E-state index contributed by atoms with van der Waals surface area (Å²) in [6.07, 6.45) is 1.39. The molecule has 18 heavy (non-hydrogen) atoms. The molecule has 1 N–H and O–H groups in total. The van der Waals surface area contributed by atoms with Gasteiger partial charge in [0.25, 0.3) is 0 Å². The first kappa shape index (κ1) is 13.1. The summed E-state index contributed by atoms with van der Waals surface area (Å²) in [4.78, 5) is 19.6. The number of halogens is 1. The topological polar surface area (TPSA) is 76.5 Å². The maximum absolute atomic E-state index is 11.6. The second-order valence-electron chi connectivity index (χ2n) is 3.97. The minimum atomic E-state index is -0.231. The summed E-state index contributed by atoms with van der Waals surface area (Å²) in [6.45, 7) is 5.66. The third-order valence-corrected chi connectivity index (χ3v) is 3.81. The Bertz CT molecular complexity index is 621. The predicted octanol–water partition coefficient (Wildman–Crippen LogP) is 2.06. The Morgan fingerprint density at radius 2 is 2.17 bits per heavy atom. The molecular weight excluding hydrogens is 274 g/mol. The van der Waals surface area contributed by atoms with Crippen LogP contribution in [0.5, 0.6) is 0 Å². The van der Waals surface area contributed by atoms with Gasteiger partial charge in [-0.25, -0.2) is 19.9 Å². The highest BCUT2D eigenvalue weighted by Gasteiger charge is 2.15. The molecule has 2 rings (SSSR count). The van der Waals surface area contributed by atoms with E-state index in [2.05, 4.69) is 20.2 Å². The van der Waals surface area contributed by atoms with Crippen molar-refractivity contribution in [3.05, 3.63) is 27.5 Å². The van der Waals surface area contributed by atoms with Crippen LogP contribution in [0.2, 0.25) is 5.15 Å². The molecule has 0 saturated carbocycles. The van der Waals surface area contributed by atoms with Gasteiger partial charge in [0.05, 0.1) is 0 Å². The van der Waals surface area contributed by atoms with Gasteiger partial charge in [0.2, 0.25) is 0 Å². The SMILES string of the molecule is Cc1c(Cl)ncnc1Sc1n[nH]c(=O)n1C(C)C. The van der Waals surface area contributed by atoms with Gasteiger partial charge in [-0.3, -0.25) is 4.57 Å². The van der Waals surface area contributed by atoms with Crippen molar-refractivity contribution in [3.63, 3.8) is 0 Å². The van der Waals surface area contributed by atoms with E-state index in [4.69, 9.17) is 11.6 Å². The van der Waals surface area contributed by atoms with Crippen LogP contribution >= 0.6 is 23.4 Å². The van der Waals surface area contributed by atoms with Crippen molar-refractivity contribution in [2.24, 2.45) is 0 Å². The van der Waals surface area contributed by atoms with Crippen LogP contribution in [0.4, 0.5) is 0 Å². The van der Waals surface area contributed by atoms with Gasteiger partial charge in [-0.1, -0.05) is 11.6 Å². The van der Waals surface area contributed by atoms with E-state index in [0.29, 0.717) is 15.3 Å². The molecule has 2 aromatic rings. The van der Waals surface area contributed by atoms with Crippen LogP contribution in [0.3, 0.4) is 0 Å². The summed E-state index contributed by atoms with van der Waals surface area (Å²) < 4.78 is 1.57. The number of H-pyrrole nitrogens is 1. The van der Waals surface area contributed by atoms with Crippen LogP contribution in [0.15, 0.2) is 21.3 Å². The van der Waals surface area contributed by atoms with Gasteiger partial charge in [0, 0.05) is 11.6 Å². The third-order valence-electron chi connectivity index (χ3n) is 2.35. The van der Waals surface area contributed by atoms with Crippen LogP contribution in [0, 0.1) is 6.92 Å². The van der Waals surface area contributed by atoms with E-state index in [0.717, 1.165) is 5.56 Å². The average Bonchev–Trinajstić information content (AvgIpc) is 2.66. The molecule has 0 unspecified atom stereocenters. The standard InChI is InChI=1S/C10H12ClN5OS/c1-5(2)16-9(17)14-15-10(16)18-8-6(3)7(11)12-4-13-8/h4-5H,1-3H3,(H,14,17). The summed E-state index contributed by atoms with van der Waals surface area (Å²) in [5, 5.41) is 8.08. The molecule has 0 aliphatic rings. The van der Waals surface area contributed by atoms with Gasteiger partial charge in [-0.15, -0.1) is 5.10 Å². The van der Waals surface area contributed by atoms with Crippen molar-refractivity contribution in [3.8, 4) is 0 Å². The summed E-state index contributed by atoms with van der Waals surface area (Å²) >= 11 is 7.22. The number of hydrogen-bond donors (Lipinski definition) is 1. The first-order valence-corrected chi connectivity index (χ1v) is 6.52. The molecule has 0 amide bonds. The van der Waals surface area contributed by atoms with Crippen molar-refractivity contribution >= 4 is 23.4 Å². The van der Waals surface area contributed by atoms with Crippen molar-refractivity contribution < 1.29 is 0 Å². The maximum atomic E-state index is 11.6. The Labute approximate surface area is 113 Å². The average molecular weight is 286 g/mol. The predicted molar refractivity (Wildman–Crippen MR) is 69.1 cm³/mol. The smallest absolute Gasteiger partial charge is 0.267 e. The quantitative estimate of drug-likeness (QED) is 0.874. The van der Waals surface area contributed by atoms with E-state index in [1.165, 1.54) is 18.1 Å². The molecule has 0 spiro atoms. The number of aromatic amines is 1. The summed E-state index contributed by atoms with van der Waals surface area (Å²) in [7, 11) is 0. The maximum Gasteiger partial charge on any atom is 0.344 e. The molecule has 0 aromatic carbocycles. The minimum Gasteiger partial charge on any atom is -0.267 e. The van der Waals surface area contributed by atoms with Crippen LogP contribution < -0.4 is 5.69 Å². The number of nitrogens with one attached hydrogen (secondary N) is 1. The highest BCUT2D eigenvalue weighted by atomic mass is 35.5. The van der Waals surface area contributed by atoms with Gasteiger partial charge in [0.1, 0.15) is 16.5 Å². The van der Waals surface area contributed by atoms with Crippen molar-refractivity contribution in [2.75, 3.05) is 0 Å². The van der Waals surface area contributed by atoms with Crippen LogP contribution in [0.1, 0.15) is 25.5 Å². The van der Waals surface area contributed by atoms with Crippen LogP contribution in [0.25, 0.3) is 0 Å². The zero-order valence-corrected chi connectivity index (χ0v) is 11.7. The van der Waals surface area contributed by atoms with Crippen molar-refractivity contribution in [1.29, 1.82) is 0 Å². The fourth-order valence-corrected chi connectivity index (χ4v) is 2.62. The van der Waals surface area contributed by atoms with Gasteiger partial charge < -0.3 is 0 Å². The second-order valence-corrected chi connectivity index (χ2v) is 5.29. The zero-order valence-electron chi connectivity index (χ0n) is 10.1. The lowest BCUT2D eigenvalue weighted by Crippen LogP contribution is -2.19. The first-order chi connectivity index (χ1) is 8.50. The molecule has 0 fully saturated rings. The lowest BCUT2D eigenvalue weighted by molar-refractivity contribution is 0.534. The number of aromatic nitrogens is 5. The van der Waals surface area contributed by atoms with Crippen LogP contribution in [-0.4, -0.2) is 24.7 Å². The van der Waals surface area contributed by atoms with E-state index in [1.54, 1.807) is 4.57 Å². The fourth-order valence-electron chi connectivity index (χ4n) is 1.42. The van der Waals surface area contributed by atoms with Gasteiger partial charge in [0.15, 0.2) is 5.16 Å². The minimum absolute atomic E-state index is 0.0244. The van der Waals surface area contributed by atoms with E-state index in [-0.39, 0.29) is 11.7 Å². The Balaban J connectivity index is 2.41. The van der Waals surface area contributed by atoms with Crippen LogP contribution in [-0.2, 0) is 0 Å². The Morgan fingerprint density at radius 1 is 1.44 bits per heavy atom. The second kappa shape index (κ2) is 5.11. The highest BCUT2D eigenvalue weighted by Crippen LogP contribution is 2.29. The van der Waals surface area contributed by atoms with Crippen molar-refractivity contribution in [2.45, 2.75) is 37.0 Å². The summed E-state index contributed by atoms with van der Waals surface area (Å²) in [5.41, 5.74) is 0.542. The van der Waals surface area contributed by atoms with Crippen molar-refractivity contribution in [1.82, 2.24) is 24.7 Å². The normalized spacial score (nSPS) is 11.2. The number of nitrogens with zero attached hydrogens (tertiary/aromatic N) is 4. The molecule has 96 valence electrons. The van der Waals surface area contributed by atoms with E-state index in [1.807, 2.05) is 20.8 Å². The molecule has 0 aliphatic carbocycles. The largest absolute Gasteiger partial charge is 0.344 e. The molecule has 0 bridgehead atoms. The molecule has 2 heterocycles. The molecule has 0 radical (unpaired) electrons. The third kappa shape index (κ3) is 2.41. The summed E-state index contributed by atoms with van der Waals surface area (Å²) in [6, 6.07) is 0.0244. The lowest BCUT2D eigenvalue weighted by atomic mass is 10.4. The monoisotopic (exact) mass is 285 g/mol. The van der Waals surface area contributed by atoms with Gasteiger partial charge in [-0.2, -0.15) is 0 Å². The Morgan fingerprint density at radius 3 is 2.83 bits per heavy atom. The molecule has 0 aliphatic heterocycles. The molecule has 2 aromatic heterocycles. The Hall–Kier alpha value is -1.34. The Kier molecular flexibility index (Phi) is 3.72. The van der Waals surface area contributed by atoms with Gasteiger partial charge >= 0.3 is 5.69 Å². The molecule has 0 atom stereocenters. The van der Waals surface area contributed by atoms with E-state index in [9.17, 15) is 4.79 Å². The number of hydrogen-bond acceptors (Lipinski definition) is 5.